The Morgan fingerprint density at radius 2 is 2.26 bits per heavy atom. The molecule has 0 saturated heterocycles. The number of amides is 1. The lowest BCUT2D eigenvalue weighted by atomic mass is 10.1. The standard InChI is InChI=1S/C15H16N6O2/c1-3-21(2)15(22)23-11-5-6-12-10(9-16-13(12)8-11)4-7-14-17-19-20-18-14/h4-9,16H,3H2,1-2H3,(H,17,18,19,20). The minimum absolute atomic E-state index is 0.379. The molecule has 8 heteroatoms. The van der Waals surface area contributed by atoms with Gasteiger partial charge in [0, 0.05) is 36.8 Å². The van der Waals surface area contributed by atoms with Gasteiger partial charge in [-0.25, -0.2) is 4.79 Å². The van der Waals surface area contributed by atoms with Crippen LogP contribution in [0.25, 0.3) is 23.1 Å². The Morgan fingerprint density at radius 3 is 3.00 bits per heavy atom. The first-order valence-electron chi connectivity index (χ1n) is 7.13. The number of aromatic nitrogens is 5. The van der Waals surface area contributed by atoms with Crippen LogP contribution in [0, 0.1) is 0 Å². The Bertz CT molecular complexity index is 837. The first kappa shape index (κ1) is 14.8. The molecule has 3 rings (SSSR count). The summed E-state index contributed by atoms with van der Waals surface area (Å²) >= 11 is 0. The van der Waals surface area contributed by atoms with Gasteiger partial charge in [0.25, 0.3) is 0 Å². The monoisotopic (exact) mass is 312 g/mol. The van der Waals surface area contributed by atoms with Crippen molar-refractivity contribution in [2.75, 3.05) is 13.6 Å². The number of benzene rings is 1. The van der Waals surface area contributed by atoms with E-state index in [0.29, 0.717) is 18.1 Å². The molecule has 3 aromatic rings. The molecular weight excluding hydrogens is 296 g/mol. The van der Waals surface area contributed by atoms with Gasteiger partial charge < -0.3 is 14.6 Å². The van der Waals surface area contributed by atoms with E-state index in [1.807, 2.05) is 25.3 Å². The summed E-state index contributed by atoms with van der Waals surface area (Å²) in [4.78, 5) is 16.4. The fraction of sp³-hybridized carbons (Fsp3) is 0.200. The van der Waals surface area contributed by atoms with Crippen LogP contribution >= 0.6 is 0 Å². The molecule has 0 aliphatic carbocycles. The minimum atomic E-state index is -0.379. The van der Waals surface area contributed by atoms with Crippen molar-refractivity contribution in [2.24, 2.45) is 0 Å². The number of fused-ring (bicyclic) bond motifs is 1. The van der Waals surface area contributed by atoms with Crippen molar-refractivity contribution < 1.29 is 9.53 Å². The van der Waals surface area contributed by atoms with E-state index in [-0.39, 0.29) is 6.09 Å². The van der Waals surface area contributed by atoms with E-state index < -0.39 is 0 Å². The molecule has 2 aromatic heterocycles. The average molecular weight is 312 g/mol. The Balaban J connectivity index is 1.81. The van der Waals surface area contributed by atoms with Gasteiger partial charge in [-0.15, -0.1) is 10.2 Å². The number of aromatic amines is 2. The molecule has 0 aliphatic heterocycles. The number of hydrogen-bond donors (Lipinski definition) is 2. The van der Waals surface area contributed by atoms with E-state index in [0.717, 1.165) is 16.5 Å². The molecule has 0 aliphatic rings. The second-order valence-electron chi connectivity index (χ2n) is 4.94. The lowest BCUT2D eigenvalue weighted by molar-refractivity contribution is 0.165. The normalized spacial score (nSPS) is 11.2. The van der Waals surface area contributed by atoms with Gasteiger partial charge in [0.2, 0.25) is 0 Å². The Kier molecular flexibility index (Phi) is 4.05. The first-order valence-corrected chi connectivity index (χ1v) is 7.13. The lowest BCUT2D eigenvalue weighted by Crippen LogP contribution is -2.29. The highest BCUT2D eigenvalue weighted by atomic mass is 16.6. The maximum absolute atomic E-state index is 11.8. The number of H-pyrrole nitrogens is 2. The molecule has 2 heterocycles. The Labute approximate surface area is 132 Å². The number of carbonyl (C=O) groups is 1. The molecule has 1 aromatic carbocycles. The van der Waals surface area contributed by atoms with Crippen molar-refractivity contribution in [1.29, 1.82) is 0 Å². The van der Waals surface area contributed by atoms with E-state index >= 15 is 0 Å². The zero-order valence-electron chi connectivity index (χ0n) is 12.8. The molecule has 0 fully saturated rings. The Hall–Kier alpha value is -3.16. The molecule has 8 nitrogen and oxygen atoms in total. The molecule has 118 valence electrons. The van der Waals surface area contributed by atoms with Crippen molar-refractivity contribution in [3.05, 3.63) is 35.8 Å². The quantitative estimate of drug-likeness (QED) is 0.770. The summed E-state index contributed by atoms with van der Waals surface area (Å²) < 4.78 is 5.32. The van der Waals surface area contributed by atoms with E-state index in [9.17, 15) is 4.79 Å². The molecule has 2 N–H and O–H groups in total. The van der Waals surface area contributed by atoms with Crippen LogP contribution in [-0.2, 0) is 0 Å². The first-order chi connectivity index (χ1) is 11.2. The molecule has 0 unspecified atom stereocenters. The SMILES string of the molecule is CCN(C)C(=O)Oc1ccc2c(C=Cc3nn[nH]n3)c[nH]c2c1. The van der Waals surface area contributed by atoms with Gasteiger partial charge in [0.15, 0.2) is 5.82 Å². The summed E-state index contributed by atoms with van der Waals surface area (Å²) in [7, 11) is 1.69. The maximum Gasteiger partial charge on any atom is 0.414 e. The van der Waals surface area contributed by atoms with Crippen molar-refractivity contribution in [3.63, 3.8) is 0 Å². The maximum atomic E-state index is 11.8. The van der Waals surface area contributed by atoms with Gasteiger partial charge in [-0.05, 0) is 42.0 Å². The summed E-state index contributed by atoms with van der Waals surface area (Å²) in [5.41, 5.74) is 1.86. The number of rotatable bonds is 4. The molecular formula is C15H16N6O2. The molecule has 0 radical (unpaired) electrons. The minimum Gasteiger partial charge on any atom is -0.410 e. The third kappa shape index (κ3) is 3.20. The van der Waals surface area contributed by atoms with Crippen LogP contribution in [0.5, 0.6) is 5.75 Å². The zero-order valence-corrected chi connectivity index (χ0v) is 12.8. The van der Waals surface area contributed by atoms with Gasteiger partial charge in [0.05, 0.1) is 0 Å². The van der Waals surface area contributed by atoms with Gasteiger partial charge in [0.1, 0.15) is 5.75 Å². The third-order valence-corrected chi connectivity index (χ3v) is 3.45. The highest BCUT2D eigenvalue weighted by Gasteiger charge is 2.10. The third-order valence-electron chi connectivity index (χ3n) is 3.45. The Morgan fingerprint density at radius 1 is 1.39 bits per heavy atom. The van der Waals surface area contributed by atoms with Crippen molar-refractivity contribution in [3.8, 4) is 5.75 Å². The molecule has 23 heavy (non-hydrogen) atoms. The van der Waals surface area contributed by atoms with Crippen LogP contribution in [-0.4, -0.2) is 50.2 Å². The van der Waals surface area contributed by atoms with E-state index in [1.54, 1.807) is 25.3 Å². The summed E-state index contributed by atoms with van der Waals surface area (Å²) in [5, 5.41) is 14.6. The van der Waals surface area contributed by atoms with E-state index in [1.165, 1.54) is 4.90 Å². The van der Waals surface area contributed by atoms with Gasteiger partial charge >= 0.3 is 6.09 Å². The number of nitrogens with one attached hydrogen (secondary N) is 2. The molecule has 0 spiro atoms. The number of tetrazole rings is 1. The van der Waals surface area contributed by atoms with Crippen molar-refractivity contribution in [2.45, 2.75) is 6.92 Å². The van der Waals surface area contributed by atoms with Crippen LogP contribution in [0.3, 0.4) is 0 Å². The van der Waals surface area contributed by atoms with E-state index in [4.69, 9.17) is 4.74 Å². The van der Waals surface area contributed by atoms with Crippen LogP contribution in [0.4, 0.5) is 4.79 Å². The van der Waals surface area contributed by atoms with Crippen molar-refractivity contribution >= 4 is 29.1 Å². The fourth-order valence-corrected chi connectivity index (χ4v) is 2.04. The number of hydrogen-bond acceptors (Lipinski definition) is 5. The highest BCUT2D eigenvalue weighted by molar-refractivity contribution is 5.92. The number of carbonyl (C=O) groups excluding carboxylic acids is 1. The van der Waals surface area contributed by atoms with Crippen LogP contribution < -0.4 is 4.74 Å². The van der Waals surface area contributed by atoms with Crippen LogP contribution in [0.1, 0.15) is 18.3 Å². The van der Waals surface area contributed by atoms with Gasteiger partial charge in [-0.1, -0.05) is 0 Å². The number of ether oxygens (including phenoxy) is 1. The summed E-state index contributed by atoms with van der Waals surface area (Å²) in [6.45, 7) is 2.48. The average Bonchev–Trinajstić information content (AvgIpc) is 3.21. The topological polar surface area (TPSA) is 99.8 Å². The smallest absolute Gasteiger partial charge is 0.410 e. The zero-order chi connectivity index (χ0) is 16.2. The largest absolute Gasteiger partial charge is 0.414 e. The lowest BCUT2D eigenvalue weighted by Gasteiger charge is -2.14. The van der Waals surface area contributed by atoms with Crippen LogP contribution in [0.2, 0.25) is 0 Å². The second kappa shape index (κ2) is 6.30. The molecule has 1 amide bonds. The highest BCUT2D eigenvalue weighted by Crippen LogP contribution is 2.25. The number of nitrogens with zero attached hydrogens (tertiary/aromatic N) is 4. The molecule has 0 atom stereocenters. The molecule has 0 bridgehead atoms. The predicted molar refractivity (Wildman–Crippen MR) is 85.7 cm³/mol. The second-order valence-corrected chi connectivity index (χ2v) is 4.94. The predicted octanol–water partition coefficient (Wildman–Crippen LogP) is 2.30. The van der Waals surface area contributed by atoms with Gasteiger partial charge in [-0.3, -0.25) is 0 Å². The summed E-state index contributed by atoms with van der Waals surface area (Å²) in [6.07, 6.45) is 5.14. The van der Waals surface area contributed by atoms with Gasteiger partial charge in [-0.2, -0.15) is 5.21 Å². The molecule has 0 saturated carbocycles. The van der Waals surface area contributed by atoms with E-state index in [2.05, 4.69) is 25.6 Å². The fourth-order valence-electron chi connectivity index (χ4n) is 2.04. The summed E-state index contributed by atoms with van der Waals surface area (Å²) in [5.74, 6) is 1.01. The summed E-state index contributed by atoms with van der Waals surface area (Å²) in [6, 6.07) is 5.46. The van der Waals surface area contributed by atoms with Crippen molar-refractivity contribution in [1.82, 2.24) is 30.5 Å². The van der Waals surface area contributed by atoms with Crippen LogP contribution in [0.15, 0.2) is 24.4 Å².